The van der Waals surface area contributed by atoms with Crippen molar-refractivity contribution in [2.45, 2.75) is 32.7 Å². The average molecular weight is 364 g/mol. The topological polar surface area (TPSA) is 60.3 Å². The normalized spacial score (nSPS) is 10.7. The van der Waals surface area contributed by atoms with Crippen molar-refractivity contribution in [2.24, 2.45) is 0 Å². The van der Waals surface area contributed by atoms with E-state index in [4.69, 9.17) is 4.74 Å². The SMILES string of the molecule is CCCCc1ccc(NC(=O)Cn2ccc3cc(OC)ccc3c2=O)cc1. The summed E-state index contributed by atoms with van der Waals surface area (Å²) in [5, 5.41) is 4.20. The zero-order chi connectivity index (χ0) is 19.2. The van der Waals surface area contributed by atoms with Gasteiger partial charge in [0.05, 0.1) is 7.11 Å². The van der Waals surface area contributed by atoms with Crippen molar-refractivity contribution in [1.82, 2.24) is 4.57 Å². The first-order valence-corrected chi connectivity index (χ1v) is 9.16. The van der Waals surface area contributed by atoms with Crippen molar-refractivity contribution in [3.8, 4) is 5.75 Å². The van der Waals surface area contributed by atoms with Gasteiger partial charge in [-0.3, -0.25) is 9.59 Å². The third kappa shape index (κ3) is 4.56. The Labute approximate surface area is 158 Å². The third-order valence-corrected chi connectivity index (χ3v) is 4.55. The van der Waals surface area contributed by atoms with Gasteiger partial charge in [-0.15, -0.1) is 0 Å². The van der Waals surface area contributed by atoms with Gasteiger partial charge in [0, 0.05) is 17.3 Å². The van der Waals surface area contributed by atoms with E-state index in [1.54, 1.807) is 31.5 Å². The van der Waals surface area contributed by atoms with Crippen LogP contribution in [0.4, 0.5) is 5.69 Å². The Morgan fingerprint density at radius 3 is 2.59 bits per heavy atom. The van der Waals surface area contributed by atoms with Crippen molar-refractivity contribution in [2.75, 3.05) is 12.4 Å². The molecule has 27 heavy (non-hydrogen) atoms. The number of carbonyl (C=O) groups is 1. The molecule has 5 heteroatoms. The lowest BCUT2D eigenvalue weighted by Gasteiger charge is -2.10. The van der Waals surface area contributed by atoms with Crippen molar-refractivity contribution in [3.63, 3.8) is 0 Å². The average Bonchev–Trinajstić information content (AvgIpc) is 2.69. The van der Waals surface area contributed by atoms with E-state index in [2.05, 4.69) is 12.2 Å². The van der Waals surface area contributed by atoms with Gasteiger partial charge >= 0.3 is 0 Å². The number of benzene rings is 2. The van der Waals surface area contributed by atoms with Crippen LogP contribution in [-0.4, -0.2) is 17.6 Å². The molecule has 5 nitrogen and oxygen atoms in total. The van der Waals surface area contributed by atoms with Gasteiger partial charge in [-0.25, -0.2) is 0 Å². The lowest BCUT2D eigenvalue weighted by atomic mass is 10.1. The predicted molar refractivity (Wildman–Crippen MR) is 108 cm³/mol. The second kappa shape index (κ2) is 8.54. The number of amides is 1. The monoisotopic (exact) mass is 364 g/mol. The van der Waals surface area contributed by atoms with Gasteiger partial charge in [0.15, 0.2) is 0 Å². The van der Waals surface area contributed by atoms with Gasteiger partial charge in [0.1, 0.15) is 12.3 Å². The molecule has 2 aromatic carbocycles. The molecule has 1 aromatic heterocycles. The lowest BCUT2D eigenvalue weighted by molar-refractivity contribution is -0.116. The van der Waals surface area contributed by atoms with Crippen LogP contribution in [0.1, 0.15) is 25.3 Å². The molecule has 0 saturated carbocycles. The van der Waals surface area contributed by atoms with Gasteiger partial charge < -0.3 is 14.6 Å². The third-order valence-electron chi connectivity index (χ3n) is 4.55. The largest absolute Gasteiger partial charge is 0.497 e. The Hall–Kier alpha value is -3.08. The Kier molecular flexibility index (Phi) is 5.91. The molecular formula is C22H24N2O3. The lowest BCUT2D eigenvalue weighted by Crippen LogP contribution is -2.27. The summed E-state index contributed by atoms with van der Waals surface area (Å²) >= 11 is 0. The van der Waals surface area contributed by atoms with Crippen molar-refractivity contribution in [1.29, 1.82) is 0 Å². The Morgan fingerprint density at radius 1 is 1.11 bits per heavy atom. The molecule has 0 radical (unpaired) electrons. The summed E-state index contributed by atoms with van der Waals surface area (Å²) in [5.74, 6) is 0.464. The second-order valence-corrected chi connectivity index (χ2v) is 6.55. The van der Waals surface area contributed by atoms with Crippen LogP contribution in [0.15, 0.2) is 59.5 Å². The number of aryl methyl sites for hydroxylation is 1. The van der Waals surface area contributed by atoms with E-state index < -0.39 is 0 Å². The Morgan fingerprint density at radius 2 is 1.89 bits per heavy atom. The van der Waals surface area contributed by atoms with E-state index >= 15 is 0 Å². The van der Waals surface area contributed by atoms with E-state index in [9.17, 15) is 9.59 Å². The van der Waals surface area contributed by atoms with Gasteiger partial charge in [-0.05, 0) is 60.2 Å². The van der Waals surface area contributed by atoms with Gasteiger partial charge in [0.2, 0.25) is 5.91 Å². The van der Waals surface area contributed by atoms with E-state index in [1.807, 2.05) is 30.3 Å². The molecule has 0 fully saturated rings. The summed E-state index contributed by atoms with van der Waals surface area (Å²) in [6, 6.07) is 14.9. The quantitative estimate of drug-likeness (QED) is 0.689. The van der Waals surface area contributed by atoms with E-state index in [0.717, 1.165) is 30.3 Å². The van der Waals surface area contributed by atoms with E-state index in [0.29, 0.717) is 11.1 Å². The first-order valence-electron chi connectivity index (χ1n) is 9.16. The maximum Gasteiger partial charge on any atom is 0.258 e. The molecule has 3 aromatic rings. The number of nitrogens with one attached hydrogen (secondary N) is 1. The maximum absolute atomic E-state index is 12.6. The second-order valence-electron chi connectivity index (χ2n) is 6.55. The number of hydrogen-bond donors (Lipinski definition) is 1. The smallest absolute Gasteiger partial charge is 0.258 e. The minimum Gasteiger partial charge on any atom is -0.497 e. The number of anilines is 1. The first kappa shape index (κ1) is 18.7. The van der Waals surface area contributed by atoms with Gasteiger partial charge in [0.25, 0.3) is 5.56 Å². The van der Waals surface area contributed by atoms with Crippen molar-refractivity contribution in [3.05, 3.63) is 70.6 Å². The number of rotatable bonds is 7. The van der Waals surface area contributed by atoms with Crippen LogP contribution in [0.2, 0.25) is 0 Å². The molecule has 0 aliphatic carbocycles. The number of carbonyl (C=O) groups excluding carboxylic acids is 1. The Bertz CT molecular complexity index is 991. The van der Waals surface area contributed by atoms with Gasteiger partial charge in [-0.1, -0.05) is 25.5 Å². The molecule has 1 amide bonds. The minimum atomic E-state index is -0.230. The first-order chi connectivity index (χ1) is 13.1. The van der Waals surface area contributed by atoms with Crippen molar-refractivity contribution < 1.29 is 9.53 Å². The number of fused-ring (bicyclic) bond motifs is 1. The molecular weight excluding hydrogens is 340 g/mol. The fourth-order valence-electron chi connectivity index (χ4n) is 3.01. The number of methoxy groups -OCH3 is 1. The molecule has 140 valence electrons. The molecule has 3 rings (SSSR count). The number of unbranched alkanes of at least 4 members (excludes halogenated alkanes) is 1. The van der Waals surface area contributed by atoms with Gasteiger partial charge in [-0.2, -0.15) is 0 Å². The molecule has 1 heterocycles. The number of aromatic nitrogens is 1. The molecule has 0 atom stereocenters. The summed E-state index contributed by atoms with van der Waals surface area (Å²) in [7, 11) is 1.59. The van der Waals surface area contributed by atoms with Crippen LogP contribution in [0.25, 0.3) is 10.8 Å². The molecule has 0 aliphatic heterocycles. The van der Waals surface area contributed by atoms with E-state index in [-0.39, 0.29) is 18.0 Å². The standard InChI is InChI=1S/C22H24N2O3/c1-3-4-5-16-6-8-18(9-7-16)23-21(25)15-24-13-12-17-14-19(27-2)10-11-20(17)22(24)26/h6-14H,3-5,15H2,1-2H3,(H,23,25). The molecule has 0 unspecified atom stereocenters. The summed E-state index contributed by atoms with van der Waals surface area (Å²) in [4.78, 5) is 24.9. The van der Waals surface area contributed by atoms with Crippen LogP contribution in [0.5, 0.6) is 5.75 Å². The minimum absolute atomic E-state index is 0.0294. The van der Waals surface area contributed by atoms with Crippen LogP contribution in [0.3, 0.4) is 0 Å². The number of hydrogen-bond acceptors (Lipinski definition) is 3. The highest BCUT2D eigenvalue weighted by atomic mass is 16.5. The molecule has 1 N–H and O–H groups in total. The summed E-state index contributed by atoms with van der Waals surface area (Å²) in [5.41, 5.74) is 1.80. The fraction of sp³-hybridized carbons (Fsp3) is 0.273. The zero-order valence-corrected chi connectivity index (χ0v) is 15.7. The molecule has 0 saturated heterocycles. The summed E-state index contributed by atoms with van der Waals surface area (Å²) < 4.78 is 6.60. The molecule has 0 bridgehead atoms. The summed E-state index contributed by atoms with van der Waals surface area (Å²) in [6.07, 6.45) is 4.99. The van der Waals surface area contributed by atoms with Crippen LogP contribution in [0, 0.1) is 0 Å². The molecule has 0 aliphatic rings. The van der Waals surface area contributed by atoms with E-state index in [1.165, 1.54) is 10.1 Å². The maximum atomic E-state index is 12.6. The number of nitrogens with zero attached hydrogens (tertiary/aromatic N) is 1. The number of pyridine rings is 1. The number of ether oxygens (including phenoxy) is 1. The predicted octanol–water partition coefficient (Wildman–Crippen LogP) is 3.99. The fourth-order valence-corrected chi connectivity index (χ4v) is 3.01. The van der Waals surface area contributed by atoms with Crippen LogP contribution >= 0.6 is 0 Å². The Balaban J connectivity index is 1.70. The van der Waals surface area contributed by atoms with Crippen LogP contribution in [-0.2, 0) is 17.8 Å². The van der Waals surface area contributed by atoms with Crippen LogP contribution < -0.4 is 15.6 Å². The highest BCUT2D eigenvalue weighted by Gasteiger charge is 2.08. The summed E-state index contributed by atoms with van der Waals surface area (Å²) in [6.45, 7) is 2.14. The highest BCUT2D eigenvalue weighted by Crippen LogP contribution is 2.18. The van der Waals surface area contributed by atoms with Crippen molar-refractivity contribution >= 4 is 22.4 Å². The zero-order valence-electron chi connectivity index (χ0n) is 15.7. The molecule has 0 spiro atoms. The highest BCUT2D eigenvalue weighted by molar-refractivity contribution is 5.91.